The molecule has 1 atom stereocenters. The third kappa shape index (κ3) is 3.47. The number of halogens is 1. The third-order valence-corrected chi connectivity index (χ3v) is 4.57. The summed E-state index contributed by atoms with van der Waals surface area (Å²) in [4.78, 5) is 0. The second-order valence-corrected chi connectivity index (χ2v) is 6.43. The lowest BCUT2D eigenvalue weighted by molar-refractivity contribution is 0.305. The molecule has 2 aromatic rings. The quantitative estimate of drug-likeness (QED) is 0.872. The van der Waals surface area contributed by atoms with Crippen molar-refractivity contribution in [3.63, 3.8) is 0 Å². The van der Waals surface area contributed by atoms with Crippen molar-refractivity contribution >= 4 is 15.9 Å². The predicted octanol–water partition coefficient (Wildman–Crippen LogP) is 4.62. The Kier molecular flexibility index (Phi) is 4.61. The molecular formula is C18H20BrNO. The number of nitrogens with one attached hydrogen (secondary N) is 1. The third-order valence-electron chi connectivity index (χ3n) is 4.07. The number of rotatable bonds is 4. The van der Waals surface area contributed by atoms with Gasteiger partial charge < -0.3 is 10.1 Å². The molecule has 0 radical (unpaired) electrons. The van der Waals surface area contributed by atoms with Gasteiger partial charge in [0.15, 0.2) is 0 Å². The van der Waals surface area contributed by atoms with Crippen LogP contribution in [0, 0.1) is 0 Å². The average molecular weight is 346 g/mol. The summed E-state index contributed by atoms with van der Waals surface area (Å²) in [5, 5.41) is 3.40. The van der Waals surface area contributed by atoms with Crippen molar-refractivity contribution in [1.82, 2.24) is 5.32 Å². The summed E-state index contributed by atoms with van der Waals surface area (Å²) in [6.45, 7) is 0.605. The van der Waals surface area contributed by atoms with E-state index in [1.165, 1.54) is 29.5 Å². The minimum Gasteiger partial charge on any atom is -0.489 e. The molecular weight excluding hydrogens is 326 g/mol. The van der Waals surface area contributed by atoms with Crippen LogP contribution in [0.15, 0.2) is 46.9 Å². The fourth-order valence-corrected chi connectivity index (χ4v) is 3.42. The average Bonchev–Trinajstić information content (AvgIpc) is 2.52. The van der Waals surface area contributed by atoms with Gasteiger partial charge in [-0.2, -0.15) is 0 Å². The summed E-state index contributed by atoms with van der Waals surface area (Å²) in [5.41, 5.74) is 4.03. The molecule has 1 unspecified atom stereocenters. The second kappa shape index (κ2) is 6.63. The molecule has 2 nitrogen and oxygen atoms in total. The zero-order chi connectivity index (χ0) is 14.7. The van der Waals surface area contributed by atoms with Crippen molar-refractivity contribution in [3.05, 3.63) is 63.6 Å². The predicted molar refractivity (Wildman–Crippen MR) is 89.7 cm³/mol. The standard InChI is InChI=1S/C18H20BrNO/c1-20-18-7-3-5-14-11-16(8-9-17(14)18)21-12-13-4-2-6-15(19)10-13/h2,4,6,8-11,18,20H,3,5,7,12H2,1H3. The summed E-state index contributed by atoms with van der Waals surface area (Å²) in [7, 11) is 2.04. The minimum absolute atomic E-state index is 0.493. The zero-order valence-electron chi connectivity index (χ0n) is 12.2. The maximum absolute atomic E-state index is 5.94. The van der Waals surface area contributed by atoms with Crippen LogP contribution in [0.5, 0.6) is 5.75 Å². The Balaban J connectivity index is 1.72. The molecule has 21 heavy (non-hydrogen) atoms. The highest BCUT2D eigenvalue weighted by Gasteiger charge is 2.18. The van der Waals surface area contributed by atoms with Crippen LogP contribution in [0.3, 0.4) is 0 Å². The lowest BCUT2D eigenvalue weighted by Crippen LogP contribution is -2.21. The van der Waals surface area contributed by atoms with E-state index in [1.807, 2.05) is 19.2 Å². The number of ether oxygens (including phenoxy) is 1. The fraction of sp³-hybridized carbons (Fsp3) is 0.333. The van der Waals surface area contributed by atoms with Crippen LogP contribution >= 0.6 is 15.9 Å². The molecule has 0 aromatic heterocycles. The maximum Gasteiger partial charge on any atom is 0.120 e. The van der Waals surface area contributed by atoms with Crippen molar-refractivity contribution in [2.45, 2.75) is 31.9 Å². The summed E-state index contributed by atoms with van der Waals surface area (Å²) in [5.74, 6) is 0.963. The van der Waals surface area contributed by atoms with Gasteiger partial charge in [-0.3, -0.25) is 0 Å². The summed E-state index contributed by atoms with van der Waals surface area (Å²) in [6.07, 6.45) is 3.62. The van der Waals surface area contributed by atoms with Gasteiger partial charge in [-0.15, -0.1) is 0 Å². The van der Waals surface area contributed by atoms with Crippen molar-refractivity contribution in [3.8, 4) is 5.75 Å². The molecule has 0 saturated carbocycles. The topological polar surface area (TPSA) is 21.3 Å². The van der Waals surface area contributed by atoms with E-state index in [1.54, 1.807) is 0 Å². The van der Waals surface area contributed by atoms with E-state index >= 15 is 0 Å². The highest BCUT2D eigenvalue weighted by atomic mass is 79.9. The lowest BCUT2D eigenvalue weighted by atomic mass is 9.87. The van der Waals surface area contributed by atoms with E-state index in [0.29, 0.717) is 12.6 Å². The van der Waals surface area contributed by atoms with Gasteiger partial charge in [0, 0.05) is 10.5 Å². The Morgan fingerprint density at radius 1 is 1.24 bits per heavy atom. The van der Waals surface area contributed by atoms with Crippen LogP contribution in [0.1, 0.15) is 35.6 Å². The van der Waals surface area contributed by atoms with Gasteiger partial charge in [-0.05, 0) is 67.3 Å². The Bertz CT molecular complexity index is 626. The molecule has 0 fully saturated rings. The van der Waals surface area contributed by atoms with Gasteiger partial charge in [0.25, 0.3) is 0 Å². The number of fused-ring (bicyclic) bond motifs is 1. The normalized spacial score (nSPS) is 17.3. The first-order valence-electron chi connectivity index (χ1n) is 7.43. The van der Waals surface area contributed by atoms with Gasteiger partial charge in [0.1, 0.15) is 12.4 Å². The number of aryl methyl sites for hydroxylation is 1. The van der Waals surface area contributed by atoms with E-state index in [-0.39, 0.29) is 0 Å². The summed E-state index contributed by atoms with van der Waals surface area (Å²) in [6, 6.07) is 15.2. The van der Waals surface area contributed by atoms with Gasteiger partial charge in [0.2, 0.25) is 0 Å². The molecule has 110 valence electrons. The number of hydrogen-bond acceptors (Lipinski definition) is 2. The lowest BCUT2D eigenvalue weighted by Gasteiger charge is -2.25. The first-order chi connectivity index (χ1) is 10.3. The van der Waals surface area contributed by atoms with Gasteiger partial charge in [-0.1, -0.05) is 34.1 Å². The molecule has 1 N–H and O–H groups in total. The molecule has 0 saturated heterocycles. The van der Waals surface area contributed by atoms with Gasteiger partial charge in [0.05, 0.1) is 0 Å². The molecule has 0 bridgehead atoms. The molecule has 0 heterocycles. The molecule has 0 spiro atoms. The van der Waals surface area contributed by atoms with Gasteiger partial charge in [-0.25, -0.2) is 0 Å². The van der Waals surface area contributed by atoms with E-state index < -0.39 is 0 Å². The SMILES string of the molecule is CNC1CCCc2cc(OCc3cccc(Br)c3)ccc21. The second-order valence-electron chi connectivity index (χ2n) is 5.51. The van der Waals surface area contributed by atoms with Crippen LogP contribution in [0.25, 0.3) is 0 Å². The van der Waals surface area contributed by atoms with E-state index in [4.69, 9.17) is 4.74 Å². The first kappa shape index (κ1) is 14.6. The Morgan fingerprint density at radius 3 is 2.95 bits per heavy atom. The molecule has 0 amide bonds. The molecule has 0 aliphatic heterocycles. The zero-order valence-corrected chi connectivity index (χ0v) is 13.8. The van der Waals surface area contributed by atoms with E-state index in [0.717, 1.165) is 16.6 Å². The Hall–Kier alpha value is -1.32. The maximum atomic E-state index is 5.94. The molecule has 1 aliphatic carbocycles. The Morgan fingerprint density at radius 2 is 2.14 bits per heavy atom. The largest absolute Gasteiger partial charge is 0.489 e. The fourth-order valence-electron chi connectivity index (χ4n) is 2.97. The van der Waals surface area contributed by atoms with E-state index in [2.05, 4.69) is 51.6 Å². The molecule has 1 aliphatic rings. The van der Waals surface area contributed by atoms with Crippen LogP contribution in [0.2, 0.25) is 0 Å². The Labute approximate surface area is 134 Å². The van der Waals surface area contributed by atoms with Crippen molar-refractivity contribution in [1.29, 1.82) is 0 Å². The van der Waals surface area contributed by atoms with Crippen LogP contribution in [-0.4, -0.2) is 7.05 Å². The highest BCUT2D eigenvalue weighted by molar-refractivity contribution is 9.10. The van der Waals surface area contributed by atoms with Crippen LogP contribution in [0.4, 0.5) is 0 Å². The van der Waals surface area contributed by atoms with Crippen molar-refractivity contribution < 1.29 is 4.74 Å². The van der Waals surface area contributed by atoms with Gasteiger partial charge >= 0.3 is 0 Å². The summed E-state index contributed by atoms with van der Waals surface area (Å²) >= 11 is 3.49. The minimum atomic E-state index is 0.493. The molecule has 2 aromatic carbocycles. The number of benzene rings is 2. The summed E-state index contributed by atoms with van der Waals surface area (Å²) < 4.78 is 7.03. The van der Waals surface area contributed by atoms with Crippen LogP contribution in [-0.2, 0) is 13.0 Å². The monoisotopic (exact) mass is 345 g/mol. The van der Waals surface area contributed by atoms with E-state index in [9.17, 15) is 0 Å². The van der Waals surface area contributed by atoms with Crippen molar-refractivity contribution in [2.75, 3.05) is 7.05 Å². The van der Waals surface area contributed by atoms with Crippen LogP contribution < -0.4 is 10.1 Å². The smallest absolute Gasteiger partial charge is 0.120 e. The number of hydrogen-bond donors (Lipinski definition) is 1. The van der Waals surface area contributed by atoms with Crippen molar-refractivity contribution in [2.24, 2.45) is 0 Å². The molecule has 3 heteroatoms. The highest BCUT2D eigenvalue weighted by Crippen LogP contribution is 2.32. The molecule has 3 rings (SSSR count). The first-order valence-corrected chi connectivity index (χ1v) is 8.23.